The Morgan fingerprint density at radius 1 is 0.800 bits per heavy atom. The number of imide groups is 1. The molecule has 0 spiro atoms. The van der Waals surface area contributed by atoms with Gasteiger partial charge in [-0.3, -0.25) is 9.59 Å². The average Bonchev–Trinajstić information content (AvgIpc) is 2.96. The van der Waals surface area contributed by atoms with Gasteiger partial charge in [-0.15, -0.1) is 0 Å². The third-order valence-corrected chi connectivity index (χ3v) is 5.88. The molecule has 0 atom stereocenters. The minimum atomic E-state index is -0.664. The zero-order chi connectivity index (χ0) is 21.3. The number of rotatable bonds is 5. The minimum absolute atomic E-state index is 0.0607. The van der Waals surface area contributed by atoms with Crippen molar-refractivity contribution in [2.24, 2.45) is 0 Å². The van der Waals surface area contributed by atoms with Crippen molar-refractivity contribution in [2.75, 3.05) is 10.2 Å². The summed E-state index contributed by atoms with van der Waals surface area (Å²) < 4.78 is 14.4. The number of amides is 2. The van der Waals surface area contributed by atoms with E-state index in [0.717, 1.165) is 16.7 Å². The number of nitrogens with zero attached hydrogens (tertiary/aromatic N) is 1. The fourth-order valence-corrected chi connectivity index (χ4v) is 4.04. The molecule has 150 valence electrons. The van der Waals surface area contributed by atoms with Crippen LogP contribution in [0.2, 0.25) is 10.0 Å². The molecular weight excluding hydrogens is 446 g/mol. The van der Waals surface area contributed by atoms with Crippen LogP contribution in [0.3, 0.4) is 0 Å². The van der Waals surface area contributed by atoms with Gasteiger partial charge in [0.25, 0.3) is 11.8 Å². The predicted octanol–water partition coefficient (Wildman–Crippen LogP) is 6.12. The number of carbonyl (C=O) groups excluding carboxylic acids is 2. The predicted molar refractivity (Wildman–Crippen MR) is 118 cm³/mol. The van der Waals surface area contributed by atoms with Crippen LogP contribution in [0.25, 0.3) is 0 Å². The molecule has 0 saturated heterocycles. The lowest BCUT2D eigenvalue weighted by atomic mass is 10.2. The fourth-order valence-electron chi connectivity index (χ4n) is 2.86. The molecule has 3 aromatic rings. The Morgan fingerprint density at radius 3 is 2.03 bits per heavy atom. The van der Waals surface area contributed by atoms with Crippen LogP contribution in [0, 0.1) is 5.82 Å². The third kappa shape index (κ3) is 4.07. The van der Waals surface area contributed by atoms with E-state index >= 15 is 0 Å². The minimum Gasteiger partial charge on any atom is -0.350 e. The van der Waals surface area contributed by atoms with Gasteiger partial charge in [0.1, 0.15) is 16.4 Å². The molecule has 8 heteroatoms. The summed E-state index contributed by atoms with van der Waals surface area (Å²) in [6, 6.07) is 19.2. The van der Waals surface area contributed by atoms with Gasteiger partial charge in [0.05, 0.1) is 5.69 Å². The number of para-hydroxylation sites is 1. The van der Waals surface area contributed by atoms with Crippen molar-refractivity contribution in [3.05, 3.63) is 99.3 Å². The van der Waals surface area contributed by atoms with E-state index in [1.807, 2.05) is 0 Å². The molecule has 1 heterocycles. The van der Waals surface area contributed by atoms with Gasteiger partial charge in [-0.25, -0.2) is 9.29 Å². The summed E-state index contributed by atoms with van der Waals surface area (Å²) in [6.45, 7) is 0. The number of thioether (sulfide) groups is 1. The molecule has 1 aliphatic rings. The molecular formula is C22H13Cl2FN2O2S. The van der Waals surface area contributed by atoms with Crippen LogP contribution in [-0.2, 0) is 9.59 Å². The Kier molecular flexibility index (Phi) is 5.81. The highest BCUT2D eigenvalue weighted by Gasteiger charge is 2.41. The zero-order valence-electron chi connectivity index (χ0n) is 15.2. The van der Waals surface area contributed by atoms with E-state index in [-0.39, 0.29) is 16.3 Å². The molecule has 2 amide bonds. The molecule has 4 nitrogen and oxygen atoms in total. The second-order valence-electron chi connectivity index (χ2n) is 6.29. The molecule has 0 unspecified atom stereocenters. The van der Waals surface area contributed by atoms with Crippen LogP contribution in [-0.4, -0.2) is 11.8 Å². The molecule has 4 rings (SSSR count). The van der Waals surface area contributed by atoms with Crippen molar-refractivity contribution in [3.63, 3.8) is 0 Å². The van der Waals surface area contributed by atoms with Gasteiger partial charge in [0, 0.05) is 20.6 Å². The molecule has 0 bridgehead atoms. The average molecular weight is 459 g/mol. The van der Waals surface area contributed by atoms with Crippen LogP contribution < -0.4 is 10.2 Å². The second-order valence-corrected chi connectivity index (χ2v) is 8.25. The Bertz CT molecular complexity index is 1100. The van der Waals surface area contributed by atoms with Crippen LogP contribution >= 0.6 is 35.0 Å². The van der Waals surface area contributed by atoms with Gasteiger partial charge >= 0.3 is 0 Å². The Morgan fingerprint density at radius 2 is 1.40 bits per heavy atom. The zero-order valence-corrected chi connectivity index (χ0v) is 17.6. The number of carbonyl (C=O) groups is 2. The quantitative estimate of drug-likeness (QED) is 0.467. The first kappa shape index (κ1) is 20.5. The van der Waals surface area contributed by atoms with Gasteiger partial charge in [-0.2, -0.15) is 0 Å². The van der Waals surface area contributed by atoms with E-state index in [0.29, 0.717) is 20.6 Å². The van der Waals surface area contributed by atoms with Gasteiger partial charge < -0.3 is 5.32 Å². The molecule has 1 N–H and O–H groups in total. The van der Waals surface area contributed by atoms with Crippen molar-refractivity contribution >= 4 is 58.2 Å². The van der Waals surface area contributed by atoms with E-state index < -0.39 is 17.6 Å². The maximum Gasteiger partial charge on any atom is 0.283 e. The maximum atomic E-state index is 14.4. The number of hydrogen-bond donors (Lipinski definition) is 1. The molecule has 0 radical (unpaired) electrons. The van der Waals surface area contributed by atoms with Gasteiger partial charge in [0.15, 0.2) is 0 Å². The fraction of sp³-hybridized carbons (Fsp3) is 0. The maximum absolute atomic E-state index is 14.4. The molecule has 3 aromatic carbocycles. The van der Waals surface area contributed by atoms with Crippen molar-refractivity contribution in [1.82, 2.24) is 0 Å². The van der Waals surface area contributed by atoms with Crippen LogP contribution in [0.1, 0.15) is 0 Å². The summed E-state index contributed by atoms with van der Waals surface area (Å²) in [5.41, 5.74) is 0.528. The first-order valence-electron chi connectivity index (χ1n) is 8.77. The lowest BCUT2D eigenvalue weighted by Gasteiger charge is -2.16. The number of halogens is 3. The van der Waals surface area contributed by atoms with E-state index in [4.69, 9.17) is 23.2 Å². The Labute approximate surface area is 186 Å². The summed E-state index contributed by atoms with van der Waals surface area (Å²) in [5.74, 6) is -1.92. The van der Waals surface area contributed by atoms with Crippen LogP contribution in [0.5, 0.6) is 0 Å². The first-order chi connectivity index (χ1) is 14.4. The van der Waals surface area contributed by atoms with Crippen LogP contribution in [0.15, 0.2) is 88.3 Å². The molecule has 0 aliphatic carbocycles. The number of nitrogens with one attached hydrogen (secondary N) is 1. The summed E-state index contributed by atoms with van der Waals surface area (Å²) in [4.78, 5) is 28.0. The highest BCUT2D eigenvalue weighted by Crippen LogP contribution is 2.38. The highest BCUT2D eigenvalue weighted by atomic mass is 35.5. The summed E-state index contributed by atoms with van der Waals surface area (Å²) in [7, 11) is 0. The molecule has 30 heavy (non-hydrogen) atoms. The summed E-state index contributed by atoms with van der Waals surface area (Å²) in [6.07, 6.45) is 0. The number of anilines is 2. The smallest absolute Gasteiger partial charge is 0.283 e. The topological polar surface area (TPSA) is 49.4 Å². The second kappa shape index (κ2) is 8.52. The van der Waals surface area contributed by atoms with E-state index in [1.165, 1.54) is 18.2 Å². The number of benzene rings is 3. The summed E-state index contributed by atoms with van der Waals surface area (Å²) in [5, 5.41) is 4.07. The van der Waals surface area contributed by atoms with Crippen molar-refractivity contribution in [2.45, 2.75) is 4.90 Å². The summed E-state index contributed by atoms with van der Waals surface area (Å²) >= 11 is 13.0. The molecule has 1 aliphatic heterocycles. The number of hydrogen-bond acceptors (Lipinski definition) is 4. The lowest BCUT2D eigenvalue weighted by molar-refractivity contribution is -0.120. The molecule has 0 saturated carbocycles. The van der Waals surface area contributed by atoms with E-state index in [2.05, 4.69) is 5.32 Å². The van der Waals surface area contributed by atoms with Crippen molar-refractivity contribution in [1.29, 1.82) is 0 Å². The van der Waals surface area contributed by atoms with Crippen LogP contribution in [0.4, 0.5) is 15.8 Å². The largest absolute Gasteiger partial charge is 0.350 e. The third-order valence-electron chi connectivity index (χ3n) is 4.28. The Hall–Kier alpha value is -2.80. The first-order valence-corrected chi connectivity index (χ1v) is 10.3. The molecule has 0 fully saturated rings. The SMILES string of the molecule is O=C1C(Nc2ccc(Cl)cc2)=C(Sc2ccc(Cl)cc2)C(=O)N1c1ccccc1F. The monoisotopic (exact) mass is 458 g/mol. The standard InChI is InChI=1S/C22H13Cl2FN2O2S/c23-13-5-9-15(10-6-13)26-19-20(30-16-11-7-14(24)8-12-16)22(29)27(21(19)28)18-4-2-1-3-17(18)25/h1-12,26H. The van der Waals surface area contributed by atoms with Crippen molar-refractivity contribution in [3.8, 4) is 0 Å². The molecule has 0 aromatic heterocycles. The van der Waals surface area contributed by atoms with Gasteiger partial charge in [-0.05, 0) is 60.7 Å². The Balaban J connectivity index is 1.75. The highest BCUT2D eigenvalue weighted by molar-refractivity contribution is 8.04. The lowest BCUT2D eigenvalue weighted by Crippen LogP contribution is -2.33. The van der Waals surface area contributed by atoms with Gasteiger partial charge in [0.2, 0.25) is 0 Å². The van der Waals surface area contributed by atoms with E-state index in [1.54, 1.807) is 54.6 Å². The van der Waals surface area contributed by atoms with Crippen molar-refractivity contribution < 1.29 is 14.0 Å². The van der Waals surface area contributed by atoms with E-state index in [9.17, 15) is 14.0 Å². The van der Waals surface area contributed by atoms with Gasteiger partial charge in [-0.1, -0.05) is 47.1 Å². The normalized spacial score (nSPS) is 13.9.